The van der Waals surface area contributed by atoms with E-state index in [0.29, 0.717) is 12.0 Å². The average molecular weight is 499 g/mol. The standard InChI is InChI=1S/C17H27ClN4OS.HI/c1-5-13(2)21-17(20-12-16(23)22(3)4)19-10-11-24-15-8-6-14(18)7-9-15;/h6-9,13H,5,10-12H2,1-4H3,(H2,19,20,21);1H. The SMILES string of the molecule is CCC(C)NC(=NCC(=O)N(C)C)NCCSc1ccc(Cl)cc1.I. The van der Waals surface area contributed by atoms with E-state index in [2.05, 4.69) is 29.5 Å². The van der Waals surface area contributed by atoms with Gasteiger partial charge in [-0.15, -0.1) is 35.7 Å². The van der Waals surface area contributed by atoms with Crippen molar-refractivity contribution in [3.05, 3.63) is 29.3 Å². The Labute approximate surface area is 177 Å². The van der Waals surface area contributed by atoms with Gasteiger partial charge in [-0.2, -0.15) is 0 Å². The van der Waals surface area contributed by atoms with Crippen molar-refractivity contribution in [2.45, 2.75) is 31.2 Å². The Hall–Kier alpha value is -0.670. The van der Waals surface area contributed by atoms with Crippen molar-refractivity contribution in [2.24, 2.45) is 4.99 Å². The summed E-state index contributed by atoms with van der Waals surface area (Å²) >= 11 is 7.63. The molecule has 0 aliphatic heterocycles. The number of amides is 1. The van der Waals surface area contributed by atoms with Crippen LogP contribution in [-0.2, 0) is 4.79 Å². The van der Waals surface area contributed by atoms with Gasteiger partial charge in [0.1, 0.15) is 6.54 Å². The molecule has 1 unspecified atom stereocenters. The molecule has 0 aliphatic rings. The zero-order valence-corrected chi connectivity index (χ0v) is 19.1. The van der Waals surface area contributed by atoms with E-state index >= 15 is 0 Å². The second kappa shape index (κ2) is 13.5. The third kappa shape index (κ3) is 10.8. The molecule has 2 N–H and O–H groups in total. The van der Waals surface area contributed by atoms with Gasteiger partial charge in [0, 0.05) is 42.4 Å². The molecular formula is C17H28ClIN4OS. The zero-order chi connectivity index (χ0) is 17.9. The van der Waals surface area contributed by atoms with E-state index in [1.165, 1.54) is 4.90 Å². The predicted molar refractivity (Wildman–Crippen MR) is 119 cm³/mol. The number of guanidine groups is 1. The van der Waals surface area contributed by atoms with Crippen LogP contribution in [0.1, 0.15) is 20.3 Å². The minimum atomic E-state index is -0.0178. The Morgan fingerprint density at radius 3 is 2.52 bits per heavy atom. The number of hydrogen-bond donors (Lipinski definition) is 2. The number of carbonyl (C=O) groups is 1. The third-order valence-electron chi connectivity index (χ3n) is 3.34. The predicted octanol–water partition coefficient (Wildman–Crippen LogP) is 3.47. The van der Waals surface area contributed by atoms with Crippen LogP contribution in [0.4, 0.5) is 0 Å². The molecule has 1 rings (SSSR count). The summed E-state index contributed by atoms with van der Waals surface area (Å²) in [6.45, 7) is 5.10. The number of rotatable bonds is 8. The first-order valence-corrected chi connectivity index (χ1v) is 9.42. The summed E-state index contributed by atoms with van der Waals surface area (Å²) in [5, 5.41) is 7.34. The molecule has 0 saturated heterocycles. The second-order valence-corrected chi connectivity index (χ2v) is 7.24. The topological polar surface area (TPSA) is 56.7 Å². The van der Waals surface area contributed by atoms with Gasteiger partial charge in [-0.05, 0) is 37.6 Å². The number of nitrogens with one attached hydrogen (secondary N) is 2. The van der Waals surface area contributed by atoms with Crippen LogP contribution in [0.5, 0.6) is 0 Å². The van der Waals surface area contributed by atoms with Gasteiger partial charge in [-0.1, -0.05) is 18.5 Å². The van der Waals surface area contributed by atoms with Crippen LogP contribution < -0.4 is 10.6 Å². The summed E-state index contributed by atoms with van der Waals surface area (Å²) in [4.78, 5) is 18.8. The fourth-order valence-electron chi connectivity index (χ4n) is 1.65. The quantitative estimate of drug-likeness (QED) is 0.189. The number of carbonyl (C=O) groups excluding carboxylic acids is 1. The van der Waals surface area contributed by atoms with Gasteiger partial charge >= 0.3 is 0 Å². The van der Waals surface area contributed by atoms with Crippen LogP contribution in [0.25, 0.3) is 0 Å². The summed E-state index contributed by atoms with van der Waals surface area (Å²) in [6.07, 6.45) is 0.988. The molecule has 8 heteroatoms. The lowest BCUT2D eigenvalue weighted by Gasteiger charge is -2.17. The molecule has 0 bridgehead atoms. The second-order valence-electron chi connectivity index (χ2n) is 5.64. The molecule has 0 saturated carbocycles. The van der Waals surface area contributed by atoms with Gasteiger partial charge in [0.25, 0.3) is 0 Å². The van der Waals surface area contributed by atoms with Gasteiger partial charge < -0.3 is 15.5 Å². The lowest BCUT2D eigenvalue weighted by Crippen LogP contribution is -2.43. The van der Waals surface area contributed by atoms with E-state index in [1.807, 2.05) is 24.3 Å². The van der Waals surface area contributed by atoms with Crippen LogP contribution in [0.3, 0.4) is 0 Å². The highest BCUT2D eigenvalue weighted by Crippen LogP contribution is 2.19. The lowest BCUT2D eigenvalue weighted by molar-refractivity contribution is -0.127. The number of hydrogen-bond acceptors (Lipinski definition) is 3. The summed E-state index contributed by atoms with van der Waals surface area (Å²) in [6, 6.07) is 8.10. The Morgan fingerprint density at radius 1 is 1.32 bits per heavy atom. The molecule has 0 aliphatic carbocycles. The highest BCUT2D eigenvalue weighted by atomic mass is 127. The molecule has 0 spiro atoms. The number of benzene rings is 1. The molecule has 0 fully saturated rings. The maximum atomic E-state index is 11.7. The van der Waals surface area contributed by atoms with Crippen LogP contribution in [0.15, 0.2) is 34.2 Å². The van der Waals surface area contributed by atoms with E-state index < -0.39 is 0 Å². The van der Waals surface area contributed by atoms with Crippen molar-refractivity contribution < 1.29 is 4.79 Å². The molecule has 1 aromatic carbocycles. The number of nitrogens with zero attached hydrogens (tertiary/aromatic N) is 2. The van der Waals surface area contributed by atoms with Crippen LogP contribution in [0, 0.1) is 0 Å². The highest BCUT2D eigenvalue weighted by molar-refractivity contribution is 14.0. The smallest absolute Gasteiger partial charge is 0.243 e. The van der Waals surface area contributed by atoms with E-state index in [4.69, 9.17) is 11.6 Å². The maximum Gasteiger partial charge on any atom is 0.243 e. The van der Waals surface area contributed by atoms with Gasteiger partial charge in [0.2, 0.25) is 5.91 Å². The minimum absolute atomic E-state index is 0. The van der Waals surface area contributed by atoms with E-state index in [0.717, 1.165) is 23.7 Å². The first-order chi connectivity index (χ1) is 11.4. The van der Waals surface area contributed by atoms with Crippen molar-refractivity contribution in [1.82, 2.24) is 15.5 Å². The molecule has 5 nitrogen and oxygen atoms in total. The van der Waals surface area contributed by atoms with Gasteiger partial charge in [-0.3, -0.25) is 4.79 Å². The Bertz CT molecular complexity index is 540. The minimum Gasteiger partial charge on any atom is -0.356 e. The molecular weight excluding hydrogens is 471 g/mol. The number of thioether (sulfide) groups is 1. The first-order valence-electron chi connectivity index (χ1n) is 8.05. The molecule has 1 atom stereocenters. The van der Waals surface area contributed by atoms with Gasteiger partial charge in [0.05, 0.1) is 0 Å². The van der Waals surface area contributed by atoms with Crippen LogP contribution in [0.2, 0.25) is 5.02 Å². The zero-order valence-electron chi connectivity index (χ0n) is 15.2. The molecule has 0 aromatic heterocycles. The van der Waals surface area contributed by atoms with E-state index in [-0.39, 0.29) is 36.4 Å². The third-order valence-corrected chi connectivity index (χ3v) is 4.61. The van der Waals surface area contributed by atoms with E-state index in [1.54, 1.807) is 30.8 Å². The van der Waals surface area contributed by atoms with Crippen LogP contribution >= 0.6 is 47.3 Å². The summed E-state index contributed by atoms with van der Waals surface area (Å²) in [7, 11) is 3.46. The van der Waals surface area contributed by atoms with Gasteiger partial charge in [-0.25, -0.2) is 4.99 Å². The van der Waals surface area contributed by atoms with Crippen molar-refractivity contribution >= 4 is 59.2 Å². The summed E-state index contributed by atoms with van der Waals surface area (Å²) in [5.74, 6) is 1.55. The van der Waals surface area contributed by atoms with Crippen molar-refractivity contribution in [2.75, 3.05) is 32.9 Å². The molecule has 1 amide bonds. The Balaban J connectivity index is 0.00000576. The summed E-state index contributed by atoms with van der Waals surface area (Å²) in [5.41, 5.74) is 0. The fourth-order valence-corrected chi connectivity index (χ4v) is 2.54. The number of aliphatic imine (C=N–C) groups is 1. The maximum absolute atomic E-state index is 11.7. The molecule has 142 valence electrons. The fraction of sp³-hybridized carbons (Fsp3) is 0.529. The first kappa shape index (κ1) is 24.3. The van der Waals surface area contributed by atoms with Crippen LogP contribution in [-0.4, -0.2) is 55.7 Å². The largest absolute Gasteiger partial charge is 0.356 e. The normalized spacial score (nSPS) is 12.1. The van der Waals surface area contributed by atoms with Gasteiger partial charge in [0.15, 0.2) is 5.96 Å². The van der Waals surface area contributed by atoms with E-state index in [9.17, 15) is 4.79 Å². The van der Waals surface area contributed by atoms with Crippen molar-refractivity contribution in [3.63, 3.8) is 0 Å². The monoisotopic (exact) mass is 498 g/mol. The molecule has 25 heavy (non-hydrogen) atoms. The highest BCUT2D eigenvalue weighted by Gasteiger charge is 2.06. The van der Waals surface area contributed by atoms with Crippen molar-refractivity contribution in [1.29, 1.82) is 0 Å². The summed E-state index contributed by atoms with van der Waals surface area (Å²) < 4.78 is 0. The molecule has 1 aromatic rings. The lowest BCUT2D eigenvalue weighted by atomic mass is 10.3. The molecule has 0 heterocycles. The Morgan fingerprint density at radius 2 is 1.96 bits per heavy atom. The van der Waals surface area contributed by atoms with Crippen molar-refractivity contribution in [3.8, 4) is 0 Å². The average Bonchev–Trinajstić information content (AvgIpc) is 2.57. The Kier molecular flexibility index (Phi) is 13.2. The number of likely N-dealkylation sites (N-methyl/N-ethyl adjacent to an activating group) is 1. The molecule has 0 radical (unpaired) electrons. The number of halogens is 2.